The second kappa shape index (κ2) is 5.88. The number of ketones is 1. The molecule has 0 atom stereocenters. The van der Waals surface area contributed by atoms with Crippen LogP contribution in [-0.4, -0.2) is 12.9 Å². The molecule has 0 aliphatic carbocycles. The van der Waals surface area contributed by atoms with Gasteiger partial charge >= 0.3 is 0 Å². The zero-order chi connectivity index (χ0) is 14.0. The van der Waals surface area contributed by atoms with Crippen molar-refractivity contribution in [1.29, 1.82) is 0 Å². The van der Waals surface area contributed by atoms with Gasteiger partial charge in [-0.25, -0.2) is 0 Å². The predicted molar refractivity (Wildman–Crippen MR) is 83.0 cm³/mol. The van der Waals surface area contributed by atoms with Crippen LogP contribution in [0, 0.1) is 6.92 Å². The molecule has 2 nitrogen and oxygen atoms in total. The highest BCUT2D eigenvalue weighted by atomic mass is 79.9. The molecule has 19 heavy (non-hydrogen) atoms. The molecule has 0 N–H and O–H groups in total. The van der Waals surface area contributed by atoms with Crippen LogP contribution in [0.25, 0.3) is 0 Å². The number of hydrogen-bond acceptors (Lipinski definition) is 2. The van der Waals surface area contributed by atoms with E-state index in [1.165, 1.54) is 0 Å². The summed E-state index contributed by atoms with van der Waals surface area (Å²) in [5.41, 5.74) is 2.34. The van der Waals surface area contributed by atoms with E-state index >= 15 is 0 Å². The minimum Gasteiger partial charge on any atom is -0.496 e. The molecule has 0 bridgehead atoms. The van der Waals surface area contributed by atoms with E-state index in [9.17, 15) is 4.79 Å². The van der Waals surface area contributed by atoms with E-state index in [1.54, 1.807) is 25.3 Å². The van der Waals surface area contributed by atoms with Gasteiger partial charge in [-0.2, -0.15) is 0 Å². The molecule has 0 amide bonds. The molecule has 0 aliphatic heterocycles. The summed E-state index contributed by atoms with van der Waals surface area (Å²) in [6, 6.07) is 11.0. The van der Waals surface area contributed by atoms with Gasteiger partial charge in [0.1, 0.15) is 5.75 Å². The number of halogens is 2. The molecule has 0 saturated heterocycles. The van der Waals surface area contributed by atoms with Gasteiger partial charge in [0, 0.05) is 15.6 Å². The largest absolute Gasteiger partial charge is 0.496 e. The lowest BCUT2D eigenvalue weighted by atomic mass is 10.0. The molecule has 0 saturated carbocycles. The topological polar surface area (TPSA) is 26.3 Å². The second-order valence-electron chi connectivity index (χ2n) is 4.16. The number of carbonyl (C=O) groups is 1. The first-order chi connectivity index (χ1) is 9.02. The Kier molecular flexibility index (Phi) is 4.42. The Morgan fingerprint density at radius 2 is 1.79 bits per heavy atom. The van der Waals surface area contributed by atoms with Crippen LogP contribution in [0.5, 0.6) is 5.75 Å². The van der Waals surface area contributed by atoms with Gasteiger partial charge in [0.25, 0.3) is 0 Å². The number of carbonyl (C=O) groups excluding carboxylic acids is 1. The van der Waals surface area contributed by atoms with Crippen LogP contribution in [0.2, 0.25) is 0 Å². The predicted octanol–water partition coefficient (Wildman–Crippen LogP) is 4.76. The summed E-state index contributed by atoms with van der Waals surface area (Å²) >= 11 is 6.81. The van der Waals surface area contributed by atoms with Gasteiger partial charge in [-0.15, -0.1) is 0 Å². The number of ether oxygens (including phenoxy) is 1. The summed E-state index contributed by atoms with van der Waals surface area (Å²) in [4.78, 5) is 12.5. The molecule has 98 valence electrons. The highest BCUT2D eigenvalue weighted by Gasteiger charge is 2.14. The van der Waals surface area contributed by atoms with Crippen molar-refractivity contribution in [3.63, 3.8) is 0 Å². The molecular weight excluding hydrogens is 372 g/mol. The maximum absolute atomic E-state index is 12.5. The number of aryl methyl sites for hydroxylation is 1. The standard InChI is InChI=1S/C15H12Br2O2/c1-9-3-5-12(16)11(7-9)15(18)10-4-6-14(19-2)13(17)8-10/h3-8H,1-2H3. The third kappa shape index (κ3) is 3.07. The molecule has 0 heterocycles. The Morgan fingerprint density at radius 1 is 1.05 bits per heavy atom. The number of methoxy groups -OCH3 is 1. The first-order valence-electron chi connectivity index (χ1n) is 5.67. The molecular formula is C15H12Br2O2. The van der Waals surface area contributed by atoms with E-state index in [2.05, 4.69) is 31.9 Å². The zero-order valence-corrected chi connectivity index (χ0v) is 13.7. The molecule has 0 fully saturated rings. The van der Waals surface area contributed by atoms with Crippen molar-refractivity contribution in [2.24, 2.45) is 0 Å². The minimum absolute atomic E-state index is 0.0149. The van der Waals surface area contributed by atoms with Gasteiger partial charge in [-0.05, 0) is 53.2 Å². The fourth-order valence-corrected chi connectivity index (χ4v) is 2.74. The summed E-state index contributed by atoms with van der Waals surface area (Å²) in [5.74, 6) is 0.693. The molecule has 0 unspecified atom stereocenters. The molecule has 0 spiro atoms. The summed E-state index contributed by atoms with van der Waals surface area (Å²) < 4.78 is 6.73. The Balaban J connectivity index is 2.44. The summed E-state index contributed by atoms with van der Waals surface area (Å²) in [6.45, 7) is 1.97. The minimum atomic E-state index is -0.0149. The van der Waals surface area contributed by atoms with E-state index in [0.717, 1.165) is 14.5 Å². The zero-order valence-electron chi connectivity index (χ0n) is 10.5. The first kappa shape index (κ1) is 14.3. The quantitative estimate of drug-likeness (QED) is 0.714. The molecule has 0 radical (unpaired) electrons. The maximum atomic E-state index is 12.5. The third-order valence-corrected chi connectivity index (χ3v) is 4.09. The van der Waals surface area contributed by atoms with E-state index in [1.807, 2.05) is 25.1 Å². The van der Waals surface area contributed by atoms with Crippen LogP contribution in [0.3, 0.4) is 0 Å². The molecule has 4 heteroatoms. The van der Waals surface area contributed by atoms with Crippen molar-refractivity contribution >= 4 is 37.6 Å². The lowest BCUT2D eigenvalue weighted by Crippen LogP contribution is -2.03. The normalized spacial score (nSPS) is 10.3. The average molecular weight is 384 g/mol. The van der Waals surface area contributed by atoms with Gasteiger partial charge in [0.15, 0.2) is 5.78 Å². The Morgan fingerprint density at radius 3 is 2.42 bits per heavy atom. The van der Waals surface area contributed by atoms with E-state index in [-0.39, 0.29) is 5.78 Å². The molecule has 0 aromatic heterocycles. The molecule has 0 aliphatic rings. The SMILES string of the molecule is COc1ccc(C(=O)c2cc(C)ccc2Br)cc1Br. The highest BCUT2D eigenvalue weighted by Crippen LogP contribution is 2.28. The fraction of sp³-hybridized carbons (Fsp3) is 0.133. The third-order valence-electron chi connectivity index (χ3n) is 2.78. The van der Waals surface area contributed by atoms with Gasteiger partial charge in [-0.3, -0.25) is 4.79 Å². The Bertz CT molecular complexity index is 636. The highest BCUT2D eigenvalue weighted by molar-refractivity contribution is 9.10. The Hall–Kier alpha value is -1.13. The van der Waals surface area contributed by atoms with E-state index in [4.69, 9.17) is 4.74 Å². The monoisotopic (exact) mass is 382 g/mol. The second-order valence-corrected chi connectivity index (χ2v) is 5.87. The molecule has 2 rings (SSSR count). The summed E-state index contributed by atoms with van der Waals surface area (Å²) in [5, 5.41) is 0. The van der Waals surface area contributed by atoms with Crippen LogP contribution in [0.4, 0.5) is 0 Å². The van der Waals surface area contributed by atoms with Gasteiger partial charge in [-0.1, -0.05) is 27.6 Å². The molecule has 2 aromatic rings. The van der Waals surface area contributed by atoms with Crippen LogP contribution in [0.15, 0.2) is 45.3 Å². The smallest absolute Gasteiger partial charge is 0.194 e. The van der Waals surface area contributed by atoms with Crippen molar-refractivity contribution in [1.82, 2.24) is 0 Å². The molecule has 2 aromatic carbocycles. The average Bonchev–Trinajstić information content (AvgIpc) is 2.40. The van der Waals surface area contributed by atoms with Gasteiger partial charge in [0.2, 0.25) is 0 Å². The van der Waals surface area contributed by atoms with Crippen molar-refractivity contribution < 1.29 is 9.53 Å². The van der Waals surface area contributed by atoms with Crippen LogP contribution in [-0.2, 0) is 0 Å². The number of rotatable bonds is 3. The first-order valence-corrected chi connectivity index (χ1v) is 7.26. The van der Waals surface area contributed by atoms with Gasteiger partial charge < -0.3 is 4.74 Å². The van der Waals surface area contributed by atoms with Crippen LogP contribution >= 0.6 is 31.9 Å². The number of benzene rings is 2. The Labute approximate surface area is 129 Å². The fourth-order valence-electron chi connectivity index (χ4n) is 1.78. The van der Waals surface area contributed by atoms with Crippen molar-refractivity contribution in [2.45, 2.75) is 6.92 Å². The summed E-state index contributed by atoms with van der Waals surface area (Å²) in [6.07, 6.45) is 0. The van der Waals surface area contributed by atoms with Crippen LogP contribution in [0.1, 0.15) is 21.5 Å². The van der Waals surface area contributed by atoms with Crippen molar-refractivity contribution in [3.8, 4) is 5.75 Å². The van der Waals surface area contributed by atoms with E-state index < -0.39 is 0 Å². The van der Waals surface area contributed by atoms with Gasteiger partial charge in [0.05, 0.1) is 11.6 Å². The summed E-state index contributed by atoms with van der Waals surface area (Å²) in [7, 11) is 1.60. The maximum Gasteiger partial charge on any atom is 0.194 e. The van der Waals surface area contributed by atoms with Crippen LogP contribution < -0.4 is 4.74 Å². The van der Waals surface area contributed by atoms with E-state index in [0.29, 0.717) is 16.9 Å². The lowest BCUT2D eigenvalue weighted by Gasteiger charge is -2.08. The number of hydrogen-bond donors (Lipinski definition) is 0. The lowest BCUT2D eigenvalue weighted by molar-refractivity contribution is 0.103. The van der Waals surface area contributed by atoms with Crippen molar-refractivity contribution in [3.05, 3.63) is 62.0 Å². The van der Waals surface area contributed by atoms with Crippen molar-refractivity contribution in [2.75, 3.05) is 7.11 Å².